The second kappa shape index (κ2) is 12.6. The van der Waals surface area contributed by atoms with Gasteiger partial charge in [-0.1, -0.05) is 140 Å². The van der Waals surface area contributed by atoms with Gasteiger partial charge in [0.1, 0.15) is 17.3 Å². The summed E-state index contributed by atoms with van der Waals surface area (Å²) in [7, 11) is 2.14. The van der Waals surface area contributed by atoms with Gasteiger partial charge >= 0.3 is 0 Å². The van der Waals surface area contributed by atoms with Gasteiger partial charge in [0.05, 0.1) is 11.4 Å². The maximum absolute atomic E-state index is 6.06. The summed E-state index contributed by atoms with van der Waals surface area (Å²) in [5, 5.41) is 5.90. The SMILES string of the molecule is CN1c2cc(-c3ccc(-c4nc(-c5ccccc5)nc(-c5ccc(-c6ccc7oc8ccccc8c7c6)cc5)n4)cc3)ccc2NC1c1ccccc1. The predicted molar refractivity (Wildman–Crippen MR) is 215 cm³/mol. The van der Waals surface area contributed by atoms with Gasteiger partial charge in [-0.05, 0) is 58.1 Å². The lowest BCUT2D eigenvalue weighted by Crippen LogP contribution is -2.23. The first-order valence-electron chi connectivity index (χ1n) is 17.8. The molecule has 1 aliphatic rings. The standard InChI is InChI=1S/C47H33N5O/c1-52-41-29-37(24-26-40(41)48-47(52)35-12-6-3-7-13-35)31-18-22-34(23-19-31)46-50-44(32-10-4-2-5-11-32)49-45(51-46)33-20-16-30(17-21-33)36-25-27-43-39(28-36)38-14-8-9-15-42(38)53-43/h2-29,47-48H,1H3. The highest BCUT2D eigenvalue weighted by Crippen LogP contribution is 2.42. The van der Waals surface area contributed by atoms with Gasteiger partial charge in [-0.3, -0.25) is 0 Å². The van der Waals surface area contributed by atoms with Crippen molar-refractivity contribution in [1.82, 2.24) is 15.0 Å². The first kappa shape index (κ1) is 30.7. The number of rotatable bonds is 6. The predicted octanol–water partition coefficient (Wildman–Crippen LogP) is 11.7. The molecule has 0 amide bonds. The van der Waals surface area contributed by atoms with Crippen LogP contribution in [0.3, 0.4) is 0 Å². The molecule has 252 valence electrons. The summed E-state index contributed by atoms with van der Waals surface area (Å²) in [6.45, 7) is 0. The minimum Gasteiger partial charge on any atom is -0.456 e. The molecule has 0 radical (unpaired) electrons. The van der Waals surface area contributed by atoms with Crippen LogP contribution in [0.4, 0.5) is 11.4 Å². The van der Waals surface area contributed by atoms with Crippen LogP contribution < -0.4 is 10.2 Å². The molecule has 1 N–H and O–H groups in total. The highest BCUT2D eigenvalue weighted by atomic mass is 16.3. The Morgan fingerprint density at radius 3 is 1.60 bits per heavy atom. The molecule has 1 atom stereocenters. The Morgan fingerprint density at radius 2 is 0.943 bits per heavy atom. The first-order valence-corrected chi connectivity index (χ1v) is 17.8. The van der Waals surface area contributed by atoms with Gasteiger partial charge < -0.3 is 14.6 Å². The van der Waals surface area contributed by atoms with Gasteiger partial charge in [-0.25, -0.2) is 15.0 Å². The molecular formula is C47H33N5O. The van der Waals surface area contributed by atoms with E-state index in [1.165, 1.54) is 11.3 Å². The number of hydrogen-bond acceptors (Lipinski definition) is 6. The molecule has 1 unspecified atom stereocenters. The quantitative estimate of drug-likeness (QED) is 0.188. The Labute approximate surface area is 307 Å². The maximum atomic E-state index is 6.06. The molecule has 0 fully saturated rings. The van der Waals surface area contributed by atoms with E-state index in [1.54, 1.807) is 0 Å². The van der Waals surface area contributed by atoms with Crippen molar-refractivity contribution in [2.24, 2.45) is 0 Å². The Balaban J connectivity index is 0.967. The summed E-state index contributed by atoms with van der Waals surface area (Å²) in [6.07, 6.45) is 0.101. The number of aromatic nitrogens is 3. The van der Waals surface area contributed by atoms with Crippen LogP contribution >= 0.6 is 0 Å². The topological polar surface area (TPSA) is 67.1 Å². The summed E-state index contributed by atoms with van der Waals surface area (Å²) in [5.74, 6) is 1.89. The molecule has 2 aromatic heterocycles. The van der Waals surface area contributed by atoms with Crippen LogP contribution in [0.15, 0.2) is 174 Å². The zero-order valence-electron chi connectivity index (χ0n) is 28.9. The molecule has 10 rings (SSSR count). The van der Waals surface area contributed by atoms with Crippen molar-refractivity contribution in [3.63, 3.8) is 0 Å². The lowest BCUT2D eigenvalue weighted by atomic mass is 10.0. The fourth-order valence-electron chi connectivity index (χ4n) is 7.33. The van der Waals surface area contributed by atoms with Crippen molar-refractivity contribution < 1.29 is 4.42 Å². The van der Waals surface area contributed by atoms with Gasteiger partial charge in [0.2, 0.25) is 0 Å². The average molecular weight is 684 g/mol. The zero-order valence-corrected chi connectivity index (χ0v) is 28.9. The fourth-order valence-corrected chi connectivity index (χ4v) is 7.33. The van der Waals surface area contributed by atoms with Crippen molar-refractivity contribution in [2.75, 3.05) is 17.3 Å². The van der Waals surface area contributed by atoms with Crippen molar-refractivity contribution >= 4 is 33.3 Å². The maximum Gasteiger partial charge on any atom is 0.164 e. The van der Waals surface area contributed by atoms with Crippen LogP contribution in [0.1, 0.15) is 11.7 Å². The molecule has 0 saturated heterocycles. The minimum absolute atomic E-state index is 0.101. The summed E-state index contributed by atoms with van der Waals surface area (Å²) < 4.78 is 6.06. The van der Waals surface area contributed by atoms with E-state index in [0.717, 1.165) is 66.6 Å². The Morgan fingerprint density at radius 1 is 0.453 bits per heavy atom. The van der Waals surface area contributed by atoms with Crippen LogP contribution in [0, 0.1) is 0 Å². The Hall–Kier alpha value is -7.05. The summed E-state index contributed by atoms with van der Waals surface area (Å²) in [4.78, 5) is 17.2. The number of nitrogens with zero attached hydrogens (tertiary/aromatic N) is 4. The molecule has 53 heavy (non-hydrogen) atoms. The van der Waals surface area contributed by atoms with E-state index in [0.29, 0.717) is 17.5 Å². The molecule has 7 aromatic carbocycles. The van der Waals surface area contributed by atoms with E-state index < -0.39 is 0 Å². The molecule has 0 bridgehead atoms. The number of fused-ring (bicyclic) bond motifs is 4. The number of benzene rings is 7. The van der Waals surface area contributed by atoms with Crippen LogP contribution in [-0.2, 0) is 0 Å². The van der Waals surface area contributed by atoms with Gasteiger partial charge in [-0.2, -0.15) is 0 Å². The van der Waals surface area contributed by atoms with E-state index in [2.05, 4.69) is 139 Å². The minimum atomic E-state index is 0.101. The molecule has 0 saturated carbocycles. The van der Waals surface area contributed by atoms with Crippen LogP contribution in [0.2, 0.25) is 0 Å². The monoisotopic (exact) mass is 683 g/mol. The summed E-state index contributed by atoms with van der Waals surface area (Å²) in [6, 6.07) is 58.7. The highest BCUT2D eigenvalue weighted by Gasteiger charge is 2.27. The first-order chi connectivity index (χ1) is 26.1. The Bertz CT molecular complexity index is 2760. The number of nitrogens with one attached hydrogen (secondary N) is 1. The smallest absolute Gasteiger partial charge is 0.164 e. The lowest BCUT2D eigenvalue weighted by Gasteiger charge is -2.22. The number of furan rings is 1. The third-order valence-electron chi connectivity index (χ3n) is 10.2. The average Bonchev–Trinajstić information content (AvgIpc) is 3.78. The zero-order chi connectivity index (χ0) is 35.3. The van der Waals surface area contributed by atoms with Crippen molar-refractivity contribution in [2.45, 2.75) is 6.17 Å². The van der Waals surface area contributed by atoms with E-state index in [4.69, 9.17) is 19.4 Å². The molecule has 3 heterocycles. The third-order valence-corrected chi connectivity index (χ3v) is 10.2. The molecular weight excluding hydrogens is 651 g/mol. The van der Waals surface area contributed by atoms with Crippen molar-refractivity contribution in [3.05, 3.63) is 175 Å². The summed E-state index contributed by atoms with van der Waals surface area (Å²) >= 11 is 0. The van der Waals surface area contributed by atoms with Crippen LogP contribution in [0.25, 0.3) is 78.4 Å². The molecule has 6 heteroatoms. The van der Waals surface area contributed by atoms with Crippen molar-refractivity contribution in [3.8, 4) is 56.4 Å². The van der Waals surface area contributed by atoms with Gasteiger partial charge in [0, 0.05) is 34.5 Å². The molecule has 9 aromatic rings. The van der Waals surface area contributed by atoms with E-state index in [9.17, 15) is 0 Å². The molecule has 1 aliphatic heterocycles. The van der Waals surface area contributed by atoms with Gasteiger partial charge in [0.15, 0.2) is 17.5 Å². The van der Waals surface area contributed by atoms with E-state index in [1.807, 2.05) is 48.5 Å². The highest BCUT2D eigenvalue weighted by molar-refractivity contribution is 6.06. The summed E-state index contributed by atoms with van der Waals surface area (Å²) in [5.41, 5.74) is 12.6. The van der Waals surface area contributed by atoms with Crippen molar-refractivity contribution in [1.29, 1.82) is 0 Å². The molecule has 6 nitrogen and oxygen atoms in total. The number of hydrogen-bond donors (Lipinski definition) is 1. The van der Waals surface area contributed by atoms with E-state index in [-0.39, 0.29) is 6.17 Å². The number of para-hydroxylation sites is 1. The van der Waals surface area contributed by atoms with Crippen LogP contribution in [-0.4, -0.2) is 22.0 Å². The number of anilines is 2. The van der Waals surface area contributed by atoms with Gasteiger partial charge in [-0.15, -0.1) is 0 Å². The lowest BCUT2D eigenvalue weighted by molar-refractivity contribution is 0.669. The second-order valence-electron chi connectivity index (χ2n) is 13.4. The van der Waals surface area contributed by atoms with E-state index >= 15 is 0 Å². The second-order valence-corrected chi connectivity index (χ2v) is 13.4. The normalized spacial score (nSPS) is 13.7. The Kier molecular flexibility index (Phi) is 7.32. The fraction of sp³-hybridized carbons (Fsp3) is 0.0426. The van der Waals surface area contributed by atoms with Crippen LogP contribution in [0.5, 0.6) is 0 Å². The third kappa shape index (κ3) is 5.58. The van der Waals surface area contributed by atoms with Gasteiger partial charge in [0.25, 0.3) is 0 Å². The largest absolute Gasteiger partial charge is 0.456 e. The molecule has 0 aliphatic carbocycles. The molecule has 0 spiro atoms.